The summed E-state index contributed by atoms with van der Waals surface area (Å²) in [6.45, 7) is 5.93. The maximum atomic E-state index is 13.0. The van der Waals surface area contributed by atoms with E-state index in [1.54, 1.807) is 12.4 Å². The quantitative estimate of drug-likeness (QED) is 0.893. The van der Waals surface area contributed by atoms with E-state index in [1.807, 2.05) is 35.4 Å². The van der Waals surface area contributed by atoms with Crippen LogP contribution in [0.5, 0.6) is 0 Å². The zero-order valence-corrected chi connectivity index (χ0v) is 15.1. The molecule has 2 aromatic heterocycles. The topological polar surface area (TPSA) is 80.1 Å². The van der Waals surface area contributed by atoms with Gasteiger partial charge in [0.15, 0.2) is 0 Å². The molecule has 7 nitrogen and oxygen atoms in total. The number of urea groups is 1. The van der Waals surface area contributed by atoms with E-state index in [0.29, 0.717) is 31.1 Å². The molecule has 0 saturated carbocycles. The number of piperidine rings is 1. The summed E-state index contributed by atoms with van der Waals surface area (Å²) >= 11 is 0. The van der Waals surface area contributed by atoms with Crippen LogP contribution < -0.4 is 10.9 Å². The molecule has 2 aliphatic heterocycles. The predicted molar refractivity (Wildman–Crippen MR) is 97.8 cm³/mol. The van der Waals surface area contributed by atoms with Crippen LogP contribution in [0, 0.1) is 5.92 Å². The van der Waals surface area contributed by atoms with E-state index in [0.717, 1.165) is 17.7 Å². The normalized spacial score (nSPS) is 21.4. The number of likely N-dealkylation sites (tertiary alicyclic amines) is 1. The molecule has 26 heavy (non-hydrogen) atoms. The highest BCUT2D eigenvalue weighted by Gasteiger charge is 2.36. The van der Waals surface area contributed by atoms with Crippen LogP contribution in [0.4, 0.5) is 4.79 Å². The first kappa shape index (κ1) is 16.8. The maximum Gasteiger partial charge on any atom is 0.317 e. The van der Waals surface area contributed by atoms with Crippen molar-refractivity contribution in [3.8, 4) is 11.1 Å². The number of amides is 2. The Morgan fingerprint density at radius 2 is 1.96 bits per heavy atom. The predicted octanol–water partition coefficient (Wildman–Crippen LogP) is 1.84. The van der Waals surface area contributed by atoms with Crippen molar-refractivity contribution in [2.45, 2.75) is 38.8 Å². The number of carbonyl (C=O) groups excluding carboxylic acids is 1. The maximum absolute atomic E-state index is 13.0. The summed E-state index contributed by atoms with van der Waals surface area (Å²) in [4.78, 5) is 35.3. The molecule has 2 aromatic rings. The first-order chi connectivity index (χ1) is 12.5. The fraction of sp³-hybridized carbons (Fsp3) is 0.474. The molecule has 1 saturated heterocycles. The molecule has 7 heteroatoms. The zero-order valence-electron chi connectivity index (χ0n) is 15.1. The summed E-state index contributed by atoms with van der Waals surface area (Å²) in [5, 5.41) is 2.97. The van der Waals surface area contributed by atoms with Gasteiger partial charge in [-0.1, -0.05) is 0 Å². The standard InChI is InChI=1S/C19H23N5O2/c1-12(2)22-19(26)23-8-13-5-14(10-23)17-4-3-16(18(25)24(17)9-13)15-6-20-11-21-7-15/h3-4,6-7,11-14H,5,8-10H2,1-2H3,(H,22,26)/t13-,14-/m1/s1. The molecule has 4 heterocycles. The van der Waals surface area contributed by atoms with Crippen molar-refractivity contribution in [2.75, 3.05) is 13.1 Å². The number of hydrogen-bond acceptors (Lipinski definition) is 4. The zero-order chi connectivity index (χ0) is 18.3. The van der Waals surface area contributed by atoms with Crippen LogP contribution in [-0.2, 0) is 6.54 Å². The molecule has 0 spiro atoms. The summed E-state index contributed by atoms with van der Waals surface area (Å²) in [6.07, 6.45) is 5.82. The van der Waals surface area contributed by atoms with Crippen LogP contribution in [0.3, 0.4) is 0 Å². The number of nitrogens with one attached hydrogen (secondary N) is 1. The molecule has 2 bridgehead atoms. The highest BCUT2D eigenvalue weighted by Crippen LogP contribution is 2.35. The highest BCUT2D eigenvalue weighted by molar-refractivity contribution is 5.74. The summed E-state index contributed by atoms with van der Waals surface area (Å²) in [5.41, 5.74) is 2.39. The monoisotopic (exact) mass is 353 g/mol. The summed E-state index contributed by atoms with van der Waals surface area (Å²) < 4.78 is 1.89. The third kappa shape index (κ3) is 2.98. The summed E-state index contributed by atoms with van der Waals surface area (Å²) in [6, 6.07) is 3.99. The molecule has 2 aliphatic rings. The SMILES string of the molecule is CC(C)NC(=O)N1C[C@H]2C[C@H](C1)c1ccc(-c3cncnc3)c(=O)n1C2. The average molecular weight is 353 g/mol. The number of rotatable bonds is 2. The molecule has 0 aliphatic carbocycles. The molecule has 2 amide bonds. The van der Waals surface area contributed by atoms with E-state index < -0.39 is 0 Å². The third-order valence-electron chi connectivity index (χ3n) is 5.18. The second-order valence-corrected chi connectivity index (χ2v) is 7.52. The Labute approximate surface area is 152 Å². The van der Waals surface area contributed by atoms with Crippen molar-refractivity contribution in [2.24, 2.45) is 5.92 Å². The van der Waals surface area contributed by atoms with Gasteiger partial charge in [0.05, 0.1) is 5.56 Å². The summed E-state index contributed by atoms with van der Waals surface area (Å²) in [7, 11) is 0. The molecule has 2 atom stereocenters. The first-order valence-electron chi connectivity index (χ1n) is 9.07. The van der Waals surface area contributed by atoms with Gasteiger partial charge >= 0.3 is 6.03 Å². The van der Waals surface area contributed by atoms with Crippen LogP contribution in [0.25, 0.3) is 11.1 Å². The van der Waals surface area contributed by atoms with Gasteiger partial charge in [0.1, 0.15) is 6.33 Å². The van der Waals surface area contributed by atoms with Crippen molar-refractivity contribution in [3.63, 3.8) is 0 Å². The Morgan fingerprint density at radius 3 is 2.69 bits per heavy atom. The first-order valence-corrected chi connectivity index (χ1v) is 9.07. The van der Waals surface area contributed by atoms with Crippen LogP contribution in [0.15, 0.2) is 35.6 Å². The molecule has 1 N–H and O–H groups in total. The minimum atomic E-state index is -0.0106. The fourth-order valence-corrected chi connectivity index (χ4v) is 4.11. The van der Waals surface area contributed by atoms with Gasteiger partial charge < -0.3 is 14.8 Å². The van der Waals surface area contributed by atoms with Crippen molar-refractivity contribution < 1.29 is 4.79 Å². The Kier molecular flexibility index (Phi) is 4.22. The largest absolute Gasteiger partial charge is 0.336 e. The molecule has 0 unspecified atom stereocenters. The number of aromatic nitrogens is 3. The molecular weight excluding hydrogens is 330 g/mol. The van der Waals surface area contributed by atoms with Gasteiger partial charge in [-0.3, -0.25) is 4.79 Å². The second kappa shape index (κ2) is 6.55. The lowest BCUT2D eigenvalue weighted by molar-refractivity contribution is 0.130. The average Bonchev–Trinajstić information content (AvgIpc) is 2.62. The molecule has 0 aromatic carbocycles. The van der Waals surface area contributed by atoms with Crippen molar-refractivity contribution in [1.29, 1.82) is 0 Å². The van der Waals surface area contributed by atoms with Gasteiger partial charge in [-0.2, -0.15) is 0 Å². The van der Waals surface area contributed by atoms with Crippen LogP contribution in [0.2, 0.25) is 0 Å². The van der Waals surface area contributed by atoms with Gasteiger partial charge in [-0.25, -0.2) is 14.8 Å². The fourth-order valence-electron chi connectivity index (χ4n) is 4.11. The Morgan fingerprint density at radius 1 is 1.19 bits per heavy atom. The number of hydrogen-bond donors (Lipinski definition) is 1. The van der Waals surface area contributed by atoms with E-state index >= 15 is 0 Å². The lowest BCUT2D eigenvalue weighted by Crippen LogP contribution is -2.52. The smallest absolute Gasteiger partial charge is 0.317 e. The number of fused-ring (bicyclic) bond motifs is 4. The van der Waals surface area contributed by atoms with E-state index in [2.05, 4.69) is 15.3 Å². The van der Waals surface area contributed by atoms with E-state index in [4.69, 9.17) is 0 Å². The van der Waals surface area contributed by atoms with Crippen LogP contribution >= 0.6 is 0 Å². The molecule has 4 rings (SSSR count). The van der Waals surface area contributed by atoms with Gasteiger partial charge in [0.25, 0.3) is 5.56 Å². The van der Waals surface area contributed by atoms with Crippen LogP contribution in [0.1, 0.15) is 31.9 Å². The van der Waals surface area contributed by atoms with E-state index in [1.165, 1.54) is 6.33 Å². The van der Waals surface area contributed by atoms with Gasteiger partial charge in [-0.05, 0) is 38.3 Å². The van der Waals surface area contributed by atoms with Crippen molar-refractivity contribution in [3.05, 3.63) is 46.9 Å². The van der Waals surface area contributed by atoms with E-state index in [-0.39, 0.29) is 23.6 Å². The van der Waals surface area contributed by atoms with Gasteiger partial charge in [-0.15, -0.1) is 0 Å². The molecule has 1 fully saturated rings. The third-order valence-corrected chi connectivity index (χ3v) is 5.18. The molecule has 136 valence electrons. The van der Waals surface area contributed by atoms with E-state index in [9.17, 15) is 9.59 Å². The van der Waals surface area contributed by atoms with Gasteiger partial charge in [0, 0.05) is 55.2 Å². The minimum absolute atomic E-state index is 0.00656. The summed E-state index contributed by atoms with van der Waals surface area (Å²) in [5.74, 6) is 0.508. The lowest BCUT2D eigenvalue weighted by Gasteiger charge is -2.43. The van der Waals surface area contributed by atoms with Crippen molar-refractivity contribution >= 4 is 6.03 Å². The molecule has 0 radical (unpaired) electrons. The highest BCUT2D eigenvalue weighted by atomic mass is 16.2. The molecular formula is C19H23N5O2. The number of nitrogens with zero attached hydrogens (tertiary/aromatic N) is 4. The minimum Gasteiger partial charge on any atom is -0.336 e. The van der Waals surface area contributed by atoms with Crippen molar-refractivity contribution in [1.82, 2.24) is 24.8 Å². The Balaban J connectivity index is 1.65. The Bertz CT molecular complexity index is 877. The number of pyridine rings is 1. The van der Waals surface area contributed by atoms with Crippen LogP contribution in [-0.4, -0.2) is 44.6 Å². The lowest BCUT2D eigenvalue weighted by atomic mass is 9.83. The Hall–Kier alpha value is -2.70. The second-order valence-electron chi connectivity index (χ2n) is 7.52. The van der Waals surface area contributed by atoms with Gasteiger partial charge in [0.2, 0.25) is 0 Å². The number of carbonyl (C=O) groups is 1.